The maximum Gasteiger partial charge on any atom is 0.127 e. The number of hydrogen-bond acceptors (Lipinski definition) is 2. The van der Waals surface area contributed by atoms with Crippen LogP contribution in [0.2, 0.25) is 5.02 Å². The molecule has 1 heterocycles. The lowest BCUT2D eigenvalue weighted by atomic mass is 10.0. The lowest BCUT2D eigenvalue weighted by Crippen LogP contribution is -2.25. The average Bonchev–Trinajstić information content (AvgIpc) is 2.75. The van der Waals surface area contributed by atoms with Crippen molar-refractivity contribution in [1.29, 1.82) is 0 Å². The molecule has 3 nitrogen and oxygen atoms in total. The molecule has 1 aromatic heterocycles. The van der Waals surface area contributed by atoms with Gasteiger partial charge in [-0.15, -0.1) is 0 Å². The molecule has 1 atom stereocenters. The summed E-state index contributed by atoms with van der Waals surface area (Å²) in [5.41, 5.74) is 2.43. The molecule has 0 spiro atoms. The summed E-state index contributed by atoms with van der Waals surface area (Å²) in [4.78, 5) is 0. The van der Waals surface area contributed by atoms with Crippen molar-refractivity contribution in [3.05, 3.63) is 52.1 Å². The molecule has 0 bridgehead atoms. The molecule has 5 heteroatoms. The van der Waals surface area contributed by atoms with E-state index in [1.54, 1.807) is 6.07 Å². The third kappa shape index (κ3) is 3.44. The Labute approximate surface area is 130 Å². The predicted molar refractivity (Wildman–Crippen MR) is 84.2 cm³/mol. The Kier molecular flexibility index (Phi) is 5.37. The number of aromatic nitrogens is 2. The first kappa shape index (κ1) is 16.0. The Morgan fingerprint density at radius 2 is 2.05 bits per heavy atom. The van der Waals surface area contributed by atoms with Crippen LogP contribution in [0.1, 0.15) is 36.8 Å². The number of halogens is 2. The summed E-state index contributed by atoms with van der Waals surface area (Å²) in [5.74, 6) is -0.196. The molecule has 2 aromatic rings. The van der Waals surface area contributed by atoms with E-state index in [0.717, 1.165) is 24.5 Å². The molecule has 0 radical (unpaired) electrons. The SMILES string of the molecule is CCNC(Cc1c(Cl)c(C)nn1CC)c1ccccc1F. The predicted octanol–water partition coefficient (Wildman–Crippen LogP) is 3.90. The summed E-state index contributed by atoms with van der Waals surface area (Å²) in [6.45, 7) is 7.44. The number of aryl methyl sites for hydroxylation is 2. The summed E-state index contributed by atoms with van der Waals surface area (Å²) < 4.78 is 16.0. The summed E-state index contributed by atoms with van der Waals surface area (Å²) >= 11 is 6.36. The van der Waals surface area contributed by atoms with Crippen molar-refractivity contribution in [2.24, 2.45) is 0 Å². The van der Waals surface area contributed by atoms with Crippen LogP contribution in [0.25, 0.3) is 0 Å². The van der Waals surface area contributed by atoms with Gasteiger partial charge in [0, 0.05) is 24.6 Å². The van der Waals surface area contributed by atoms with E-state index in [9.17, 15) is 4.39 Å². The fraction of sp³-hybridized carbons (Fsp3) is 0.438. The van der Waals surface area contributed by atoms with E-state index in [2.05, 4.69) is 10.4 Å². The van der Waals surface area contributed by atoms with Crippen LogP contribution in [-0.2, 0) is 13.0 Å². The minimum atomic E-state index is -0.196. The van der Waals surface area contributed by atoms with Crippen LogP contribution in [-0.4, -0.2) is 16.3 Å². The molecule has 0 aliphatic carbocycles. The highest BCUT2D eigenvalue weighted by molar-refractivity contribution is 6.31. The Balaban J connectivity index is 2.35. The number of nitrogens with one attached hydrogen (secondary N) is 1. The lowest BCUT2D eigenvalue weighted by Gasteiger charge is -2.19. The second-order valence-electron chi connectivity index (χ2n) is 5.00. The molecule has 2 rings (SSSR count). The zero-order valence-electron chi connectivity index (χ0n) is 12.7. The third-order valence-corrected chi connectivity index (χ3v) is 4.07. The molecule has 1 aromatic carbocycles. The van der Waals surface area contributed by atoms with E-state index in [0.29, 0.717) is 17.0 Å². The Morgan fingerprint density at radius 1 is 1.33 bits per heavy atom. The van der Waals surface area contributed by atoms with Crippen molar-refractivity contribution < 1.29 is 4.39 Å². The second-order valence-corrected chi connectivity index (χ2v) is 5.38. The standard InChI is InChI=1S/C16H21ClFN3/c1-4-19-14(12-8-6-7-9-13(12)18)10-15-16(17)11(3)20-21(15)5-2/h6-9,14,19H,4-5,10H2,1-3H3. The van der Waals surface area contributed by atoms with Crippen molar-refractivity contribution >= 4 is 11.6 Å². The van der Waals surface area contributed by atoms with Crippen molar-refractivity contribution in [2.45, 2.75) is 39.8 Å². The van der Waals surface area contributed by atoms with Crippen molar-refractivity contribution in [3.63, 3.8) is 0 Å². The first-order chi connectivity index (χ1) is 10.1. The Bertz CT molecular complexity index is 610. The van der Waals surface area contributed by atoms with Gasteiger partial charge in [0.2, 0.25) is 0 Å². The molecule has 21 heavy (non-hydrogen) atoms. The molecule has 1 unspecified atom stereocenters. The molecular formula is C16H21ClFN3. The highest BCUT2D eigenvalue weighted by atomic mass is 35.5. The first-order valence-electron chi connectivity index (χ1n) is 7.28. The van der Waals surface area contributed by atoms with Gasteiger partial charge < -0.3 is 5.32 Å². The fourth-order valence-electron chi connectivity index (χ4n) is 2.55. The molecule has 0 aliphatic rings. The second kappa shape index (κ2) is 7.05. The van der Waals surface area contributed by atoms with Gasteiger partial charge in [-0.2, -0.15) is 5.10 Å². The third-order valence-electron chi connectivity index (χ3n) is 3.58. The molecular weight excluding hydrogens is 289 g/mol. The van der Waals surface area contributed by atoms with E-state index < -0.39 is 0 Å². The van der Waals surface area contributed by atoms with Gasteiger partial charge in [-0.1, -0.05) is 36.7 Å². The van der Waals surface area contributed by atoms with E-state index >= 15 is 0 Å². The van der Waals surface area contributed by atoms with Crippen molar-refractivity contribution in [3.8, 4) is 0 Å². The van der Waals surface area contributed by atoms with Gasteiger partial charge in [0.05, 0.1) is 16.4 Å². The summed E-state index contributed by atoms with van der Waals surface area (Å²) in [6.07, 6.45) is 0.613. The minimum absolute atomic E-state index is 0.116. The molecule has 0 saturated carbocycles. The van der Waals surface area contributed by atoms with Gasteiger partial charge in [0.15, 0.2) is 0 Å². The first-order valence-corrected chi connectivity index (χ1v) is 7.65. The van der Waals surface area contributed by atoms with E-state index in [1.165, 1.54) is 6.07 Å². The summed E-state index contributed by atoms with van der Waals surface area (Å²) in [6, 6.07) is 6.75. The molecule has 0 amide bonds. The van der Waals surface area contributed by atoms with Crippen LogP contribution in [0, 0.1) is 12.7 Å². The number of nitrogens with zero attached hydrogens (tertiary/aromatic N) is 2. The van der Waals surface area contributed by atoms with Gasteiger partial charge in [0.1, 0.15) is 5.82 Å². The van der Waals surface area contributed by atoms with Gasteiger partial charge in [0.25, 0.3) is 0 Å². The Hall–Kier alpha value is -1.39. The zero-order chi connectivity index (χ0) is 15.4. The zero-order valence-corrected chi connectivity index (χ0v) is 13.4. The number of benzene rings is 1. The minimum Gasteiger partial charge on any atom is -0.310 e. The normalized spacial score (nSPS) is 12.6. The quantitative estimate of drug-likeness (QED) is 0.877. The maximum atomic E-state index is 14.1. The highest BCUT2D eigenvalue weighted by Gasteiger charge is 2.20. The van der Waals surface area contributed by atoms with Gasteiger partial charge in [-0.25, -0.2) is 4.39 Å². The molecule has 1 N–H and O–H groups in total. The fourth-order valence-corrected chi connectivity index (χ4v) is 2.77. The summed E-state index contributed by atoms with van der Waals surface area (Å²) in [7, 11) is 0. The lowest BCUT2D eigenvalue weighted by molar-refractivity contribution is 0.490. The maximum absolute atomic E-state index is 14.1. The number of likely N-dealkylation sites (N-methyl/N-ethyl adjacent to an activating group) is 1. The molecule has 114 valence electrons. The van der Waals surface area contributed by atoms with E-state index in [1.807, 2.05) is 37.6 Å². The van der Waals surface area contributed by atoms with Crippen LogP contribution < -0.4 is 5.32 Å². The number of rotatable bonds is 6. The van der Waals surface area contributed by atoms with Crippen LogP contribution in [0.15, 0.2) is 24.3 Å². The van der Waals surface area contributed by atoms with Crippen LogP contribution in [0.4, 0.5) is 4.39 Å². The monoisotopic (exact) mass is 309 g/mol. The number of hydrogen-bond donors (Lipinski definition) is 1. The van der Waals surface area contributed by atoms with Crippen molar-refractivity contribution in [1.82, 2.24) is 15.1 Å². The van der Waals surface area contributed by atoms with Crippen LogP contribution >= 0.6 is 11.6 Å². The summed E-state index contributed by atoms with van der Waals surface area (Å²) in [5, 5.41) is 8.43. The largest absolute Gasteiger partial charge is 0.310 e. The molecule has 0 saturated heterocycles. The van der Waals surface area contributed by atoms with Crippen molar-refractivity contribution in [2.75, 3.05) is 6.54 Å². The Morgan fingerprint density at radius 3 is 2.67 bits per heavy atom. The van der Waals surface area contributed by atoms with Gasteiger partial charge in [-0.3, -0.25) is 4.68 Å². The van der Waals surface area contributed by atoms with Gasteiger partial charge in [-0.05, 0) is 26.5 Å². The van der Waals surface area contributed by atoms with Crippen LogP contribution in [0.3, 0.4) is 0 Å². The van der Waals surface area contributed by atoms with E-state index in [-0.39, 0.29) is 11.9 Å². The highest BCUT2D eigenvalue weighted by Crippen LogP contribution is 2.27. The van der Waals surface area contributed by atoms with Crippen LogP contribution in [0.5, 0.6) is 0 Å². The van der Waals surface area contributed by atoms with Gasteiger partial charge >= 0.3 is 0 Å². The molecule has 0 aliphatic heterocycles. The smallest absolute Gasteiger partial charge is 0.127 e. The topological polar surface area (TPSA) is 29.9 Å². The average molecular weight is 310 g/mol. The van der Waals surface area contributed by atoms with E-state index in [4.69, 9.17) is 11.6 Å². The molecule has 0 fully saturated rings.